The Morgan fingerprint density at radius 1 is 1.18 bits per heavy atom. The highest BCUT2D eigenvalue weighted by molar-refractivity contribution is 7.80. The van der Waals surface area contributed by atoms with Crippen LogP contribution in [0.2, 0.25) is 0 Å². The van der Waals surface area contributed by atoms with Crippen LogP contribution in [-0.2, 0) is 0 Å². The average Bonchev–Trinajstić information content (AvgIpc) is 3.05. The van der Waals surface area contributed by atoms with Crippen LogP contribution in [-0.4, -0.2) is 20.8 Å². The fraction of sp³-hybridized carbons (Fsp3) is 0.273. The molecule has 1 aromatic carbocycles. The van der Waals surface area contributed by atoms with E-state index in [1.165, 1.54) is 12.8 Å². The number of benzene rings is 1. The van der Waals surface area contributed by atoms with E-state index in [2.05, 4.69) is 52.9 Å². The minimum Gasteiger partial charge on any atom is -0.382 e. The van der Waals surface area contributed by atoms with Gasteiger partial charge >= 0.3 is 0 Å². The molecule has 1 aliphatic carbocycles. The molecule has 3 rings (SSSR count). The van der Waals surface area contributed by atoms with Crippen molar-refractivity contribution in [3.8, 4) is 5.69 Å². The molecule has 6 heteroatoms. The summed E-state index contributed by atoms with van der Waals surface area (Å²) in [7, 11) is 0. The Balaban J connectivity index is 1.96. The average molecular weight is 264 g/mol. The van der Waals surface area contributed by atoms with E-state index in [-0.39, 0.29) is 0 Å². The van der Waals surface area contributed by atoms with Gasteiger partial charge in [-0.2, -0.15) is 0 Å². The molecule has 1 aliphatic rings. The normalized spacial score (nSPS) is 14.9. The van der Waals surface area contributed by atoms with Crippen molar-refractivity contribution in [1.29, 1.82) is 0 Å². The van der Waals surface area contributed by atoms with Crippen molar-refractivity contribution in [3.63, 3.8) is 0 Å². The van der Waals surface area contributed by atoms with Gasteiger partial charge in [-0.3, -0.25) is 4.57 Å². The molecule has 0 bridgehead atoms. The highest BCUT2D eigenvalue weighted by atomic mass is 32.1. The van der Waals surface area contributed by atoms with Crippen LogP contribution in [0, 0.1) is 0 Å². The lowest BCUT2D eigenvalue weighted by molar-refractivity contribution is 0.835. The fourth-order valence-electron chi connectivity index (χ4n) is 1.70. The molecule has 1 saturated carbocycles. The quantitative estimate of drug-likeness (QED) is 0.746. The van der Waals surface area contributed by atoms with Crippen LogP contribution in [0.3, 0.4) is 0 Å². The first-order valence-electron chi connectivity index (χ1n) is 5.44. The van der Waals surface area contributed by atoms with E-state index in [1.807, 2.05) is 12.1 Å². The molecule has 0 aliphatic heterocycles. The predicted molar refractivity (Wildman–Crippen MR) is 72.5 cm³/mol. The van der Waals surface area contributed by atoms with Crippen LogP contribution in [0.25, 0.3) is 5.69 Å². The number of hydrogen-bond acceptors (Lipinski definition) is 5. The molecule has 1 N–H and O–H groups in total. The molecule has 0 radical (unpaired) electrons. The lowest BCUT2D eigenvalue weighted by Gasteiger charge is -2.09. The summed E-state index contributed by atoms with van der Waals surface area (Å²) in [6.07, 6.45) is 2.51. The van der Waals surface area contributed by atoms with Crippen LogP contribution in [0.15, 0.2) is 34.6 Å². The predicted octanol–water partition coefficient (Wildman–Crippen LogP) is 2.42. The van der Waals surface area contributed by atoms with Gasteiger partial charge in [-0.05, 0) is 31.0 Å². The third-order valence-electron chi connectivity index (χ3n) is 2.68. The SMILES string of the molecule is Sc1nnc(S)n1-c1cccc(NC2CC2)c1. The molecule has 1 fully saturated rings. The number of anilines is 1. The minimum atomic E-state index is 0.540. The second-order valence-corrected chi connectivity index (χ2v) is 4.90. The maximum Gasteiger partial charge on any atom is 0.193 e. The Hall–Kier alpha value is -1.14. The number of thiol groups is 2. The van der Waals surface area contributed by atoms with E-state index in [1.54, 1.807) is 4.57 Å². The molecule has 1 heterocycles. The molecule has 0 spiro atoms. The van der Waals surface area contributed by atoms with Gasteiger partial charge in [0.2, 0.25) is 0 Å². The summed E-state index contributed by atoms with van der Waals surface area (Å²) >= 11 is 8.53. The van der Waals surface area contributed by atoms with Gasteiger partial charge in [-0.15, -0.1) is 35.5 Å². The van der Waals surface area contributed by atoms with E-state index < -0.39 is 0 Å². The van der Waals surface area contributed by atoms with Gasteiger partial charge in [-0.25, -0.2) is 0 Å². The minimum absolute atomic E-state index is 0.540. The van der Waals surface area contributed by atoms with Crippen LogP contribution in [0.4, 0.5) is 5.69 Å². The summed E-state index contributed by atoms with van der Waals surface area (Å²) < 4.78 is 1.80. The number of rotatable bonds is 3. The second-order valence-electron chi connectivity index (χ2n) is 4.10. The van der Waals surface area contributed by atoms with Crippen molar-refractivity contribution in [2.45, 2.75) is 29.2 Å². The van der Waals surface area contributed by atoms with Crippen molar-refractivity contribution in [2.75, 3.05) is 5.32 Å². The highest BCUT2D eigenvalue weighted by Gasteiger charge is 2.20. The zero-order chi connectivity index (χ0) is 11.8. The van der Waals surface area contributed by atoms with Gasteiger partial charge in [0.25, 0.3) is 0 Å². The summed E-state index contributed by atoms with van der Waals surface area (Å²) in [5.74, 6) is 0. The first-order chi connectivity index (χ1) is 8.24. The summed E-state index contributed by atoms with van der Waals surface area (Å²) in [4.78, 5) is 0. The molecule has 0 amide bonds. The fourth-order valence-corrected chi connectivity index (χ4v) is 2.29. The molecule has 17 heavy (non-hydrogen) atoms. The Kier molecular flexibility index (Phi) is 2.76. The van der Waals surface area contributed by atoms with Crippen molar-refractivity contribution >= 4 is 30.9 Å². The lowest BCUT2D eigenvalue weighted by Crippen LogP contribution is -2.02. The standard InChI is InChI=1S/C11H12N4S2/c16-10-13-14-11(17)15(10)9-3-1-2-8(6-9)12-7-4-5-7/h1-3,6-7,12H,4-5H2,(H,13,16)(H,14,17). The van der Waals surface area contributed by atoms with Crippen LogP contribution >= 0.6 is 25.3 Å². The monoisotopic (exact) mass is 264 g/mol. The maximum absolute atomic E-state index is 4.27. The Bertz CT molecular complexity index is 529. The molecule has 2 aromatic rings. The van der Waals surface area contributed by atoms with E-state index >= 15 is 0 Å². The topological polar surface area (TPSA) is 42.7 Å². The number of aromatic nitrogens is 3. The van der Waals surface area contributed by atoms with Gasteiger partial charge in [-0.1, -0.05) is 6.07 Å². The zero-order valence-corrected chi connectivity index (χ0v) is 10.8. The molecule has 4 nitrogen and oxygen atoms in total. The smallest absolute Gasteiger partial charge is 0.193 e. The van der Waals surface area contributed by atoms with Crippen LogP contribution in [0.5, 0.6) is 0 Å². The van der Waals surface area contributed by atoms with Crippen molar-refractivity contribution in [2.24, 2.45) is 0 Å². The maximum atomic E-state index is 4.27. The van der Waals surface area contributed by atoms with E-state index in [0.717, 1.165) is 11.4 Å². The zero-order valence-electron chi connectivity index (χ0n) is 9.04. The van der Waals surface area contributed by atoms with Crippen LogP contribution < -0.4 is 5.32 Å². The summed E-state index contributed by atoms with van der Waals surface area (Å²) in [5.41, 5.74) is 2.08. The molecule has 1 aromatic heterocycles. The Morgan fingerprint density at radius 2 is 1.88 bits per heavy atom. The van der Waals surface area contributed by atoms with Gasteiger partial charge < -0.3 is 5.32 Å². The molecular formula is C11H12N4S2. The molecule has 0 atom stereocenters. The van der Waals surface area contributed by atoms with E-state index in [9.17, 15) is 0 Å². The Labute approximate surface area is 110 Å². The first-order valence-corrected chi connectivity index (χ1v) is 6.34. The highest BCUT2D eigenvalue weighted by Crippen LogP contribution is 2.26. The van der Waals surface area contributed by atoms with Crippen molar-refractivity contribution < 1.29 is 0 Å². The molecule has 0 unspecified atom stereocenters. The third-order valence-corrected chi connectivity index (χ3v) is 3.26. The van der Waals surface area contributed by atoms with Crippen molar-refractivity contribution in [1.82, 2.24) is 14.8 Å². The third kappa shape index (κ3) is 2.28. The summed E-state index contributed by atoms with van der Waals surface area (Å²) in [6.45, 7) is 0. The van der Waals surface area contributed by atoms with Gasteiger partial charge in [0.1, 0.15) is 0 Å². The second kappa shape index (κ2) is 4.27. The van der Waals surface area contributed by atoms with Crippen molar-refractivity contribution in [3.05, 3.63) is 24.3 Å². The first kappa shape index (κ1) is 11.0. The lowest BCUT2D eigenvalue weighted by atomic mass is 10.2. The number of nitrogens with one attached hydrogen (secondary N) is 1. The van der Waals surface area contributed by atoms with E-state index in [0.29, 0.717) is 16.4 Å². The largest absolute Gasteiger partial charge is 0.382 e. The van der Waals surface area contributed by atoms with E-state index in [4.69, 9.17) is 0 Å². The number of nitrogens with zero attached hydrogens (tertiary/aromatic N) is 3. The van der Waals surface area contributed by atoms with Crippen LogP contribution in [0.1, 0.15) is 12.8 Å². The molecular weight excluding hydrogens is 252 g/mol. The van der Waals surface area contributed by atoms with Gasteiger partial charge in [0, 0.05) is 11.7 Å². The summed E-state index contributed by atoms with van der Waals surface area (Å²) in [6, 6.07) is 8.74. The molecule has 88 valence electrons. The molecule has 0 saturated heterocycles. The van der Waals surface area contributed by atoms with Gasteiger partial charge in [0.05, 0.1) is 5.69 Å². The number of hydrogen-bond donors (Lipinski definition) is 3. The van der Waals surface area contributed by atoms with Gasteiger partial charge in [0.15, 0.2) is 10.3 Å². The Morgan fingerprint density at radius 3 is 2.53 bits per heavy atom. The summed E-state index contributed by atoms with van der Waals surface area (Å²) in [5, 5.41) is 12.3.